The lowest BCUT2D eigenvalue weighted by molar-refractivity contribution is -0.116. The molecule has 0 heterocycles. The third-order valence-corrected chi connectivity index (χ3v) is 4.97. The number of nitrogens with one attached hydrogen (secondary N) is 1. The number of halogens is 2. The van der Waals surface area contributed by atoms with Crippen molar-refractivity contribution in [2.24, 2.45) is 0 Å². The number of amides is 1. The van der Waals surface area contributed by atoms with Crippen molar-refractivity contribution in [2.45, 2.75) is 18.7 Å². The van der Waals surface area contributed by atoms with E-state index in [4.69, 9.17) is 0 Å². The monoisotopic (exact) mass is 368 g/mol. The van der Waals surface area contributed by atoms with E-state index in [1.54, 1.807) is 19.1 Å². The molecular weight excluding hydrogens is 350 g/mol. The fourth-order valence-corrected chi connectivity index (χ4v) is 3.46. The molecule has 2 aromatic rings. The first-order valence-corrected chi connectivity index (χ1v) is 8.99. The molecule has 134 valence electrons. The van der Waals surface area contributed by atoms with Crippen LogP contribution in [0.25, 0.3) is 0 Å². The highest BCUT2D eigenvalue weighted by molar-refractivity contribution is 7.89. The van der Waals surface area contributed by atoms with E-state index in [0.717, 1.165) is 29.5 Å². The van der Waals surface area contributed by atoms with Crippen LogP contribution in [0.1, 0.15) is 12.5 Å². The summed E-state index contributed by atoms with van der Waals surface area (Å²) in [5.74, 6) is -2.38. The number of carbonyl (C=O) groups excluding carboxylic acids is 1. The average Bonchev–Trinajstić information content (AvgIpc) is 2.53. The SMILES string of the molecule is CC(=O)N(CCNS(=O)(=O)c1cccc(C)c1)c1c(F)cccc1F. The molecule has 0 radical (unpaired) electrons. The topological polar surface area (TPSA) is 66.5 Å². The number of benzene rings is 2. The summed E-state index contributed by atoms with van der Waals surface area (Å²) < 4.78 is 54.5. The van der Waals surface area contributed by atoms with Gasteiger partial charge in [-0.05, 0) is 36.8 Å². The number of hydrogen-bond acceptors (Lipinski definition) is 3. The molecule has 0 saturated heterocycles. The third-order valence-electron chi connectivity index (χ3n) is 3.51. The summed E-state index contributed by atoms with van der Waals surface area (Å²) in [6, 6.07) is 9.57. The van der Waals surface area contributed by atoms with Gasteiger partial charge >= 0.3 is 0 Å². The van der Waals surface area contributed by atoms with Crippen LogP contribution < -0.4 is 9.62 Å². The molecule has 0 saturated carbocycles. The standard InChI is InChI=1S/C17H18F2N2O3S/c1-12-5-3-6-14(11-12)25(23,24)20-9-10-21(13(2)22)17-15(18)7-4-8-16(17)19/h3-8,11,20H,9-10H2,1-2H3. The van der Waals surface area contributed by atoms with Crippen molar-refractivity contribution in [1.29, 1.82) is 0 Å². The molecule has 0 bridgehead atoms. The molecule has 1 N–H and O–H groups in total. The van der Waals surface area contributed by atoms with Crippen molar-refractivity contribution < 1.29 is 22.0 Å². The summed E-state index contributed by atoms with van der Waals surface area (Å²) in [6.45, 7) is 2.51. The fourth-order valence-electron chi connectivity index (χ4n) is 2.33. The minimum absolute atomic E-state index is 0.0824. The van der Waals surface area contributed by atoms with Crippen LogP contribution in [-0.2, 0) is 14.8 Å². The lowest BCUT2D eigenvalue weighted by atomic mass is 10.2. The highest BCUT2D eigenvalue weighted by atomic mass is 32.2. The zero-order valence-electron chi connectivity index (χ0n) is 13.8. The maximum absolute atomic E-state index is 13.9. The summed E-state index contributed by atoms with van der Waals surface area (Å²) in [5, 5.41) is 0. The van der Waals surface area contributed by atoms with E-state index >= 15 is 0 Å². The number of sulfonamides is 1. The van der Waals surface area contributed by atoms with Gasteiger partial charge in [0.1, 0.15) is 17.3 Å². The Bertz CT molecular complexity index is 865. The van der Waals surface area contributed by atoms with Gasteiger partial charge in [-0.15, -0.1) is 0 Å². The van der Waals surface area contributed by atoms with Gasteiger partial charge in [-0.1, -0.05) is 18.2 Å². The Balaban J connectivity index is 2.14. The van der Waals surface area contributed by atoms with Gasteiger partial charge in [-0.3, -0.25) is 4.79 Å². The molecule has 0 fully saturated rings. The van der Waals surface area contributed by atoms with Gasteiger partial charge in [-0.25, -0.2) is 21.9 Å². The molecule has 0 aliphatic rings. The van der Waals surface area contributed by atoms with Crippen LogP contribution in [0, 0.1) is 18.6 Å². The van der Waals surface area contributed by atoms with Crippen molar-refractivity contribution in [3.63, 3.8) is 0 Å². The van der Waals surface area contributed by atoms with E-state index in [-0.39, 0.29) is 18.0 Å². The maximum atomic E-state index is 13.9. The first-order valence-electron chi connectivity index (χ1n) is 7.51. The number of rotatable bonds is 6. The maximum Gasteiger partial charge on any atom is 0.240 e. The lowest BCUT2D eigenvalue weighted by Gasteiger charge is -2.22. The van der Waals surface area contributed by atoms with Crippen LogP contribution in [0.5, 0.6) is 0 Å². The number of aryl methyl sites for hydroxylation is 1. The minimum atomic E-state index is -3.78. The molecule has 2 rings (SSSR count). The molecule has 0 aliphatic heterocycles. The lowest BCUT2D eigenvalue weighted by Crippen LogP contribution is -2.38. The number of anilines is 1. The van der Waals surface area contributed by atoms with Gasteiger partial charge < -0.3 is 4.90 Å². The van der Waals surface area contributed by atoms with Crippen LogP contribution in [0.2, 0.25) is 0 Å². The summed E-state index contributed by atoms with van der Waals surface area (Å²) >= 11 is 0. The average molecular weight is 368 g/mol. The zero-order valence-corrected chi connectivity index (χ0v) is 14.6. The van der Waals surface area contributed by atoms with Crippen molar-refractivity contribution in [3.8, 4) is 0 Å². The summed E-state index contributed by atoms with van der Waals surface area (Å²) in [5.41, 5.74) is 0.284. The Hall–Kier alpha value is -2.32. The molecule has 0 unspecified atom stereocenters. The molecule has 0 aliphatic carbocycles. The van der Waals surface area contributed by atoms with E-state index < -0.39 is 33.3 Å². The van der Waals surface area contributed by atoms with Crippen LogP contribution in [0.15, 0.2) is 47.4 Å². The molecule has 0 aromatic heterocycles. The number of carbonyl (C=O) groups is 1. The van der Waals surface area contributed by atoms with Gasteiger partial charge in [0.05, 0.1) is 4.90 Å². The first kappa shape index (κ1) is 19.0. The van der Waals surface area contributed by atoms with Crippen LogP contribution in [0.4, 0.5) is 14.5 Å². The molecule has 8 heteroatoms. The van der Waals surface area contributed by atoms with E-state index in [9.17, 15) is 22.0 Å². The largest absolute Gasteiger partial charge is 0.306 e. The highest BCUT2D eigenvalue weighted by Gasteiger charge is 2.21. The van der Waals surface area contributed by atoms with Crippen molar-refractivity contribution >= 4 is 21.6 Å². The van der Waals surface area contributed by atoms with Gasteiger partial charge in [-0.2, -0.15) is 0 Å². The van der Waals surface area contributed by atoms with Crippen molar-refractivity contribution in [1.82, 2.24) is 4.72 Å². The highest BCUT2D eigenvalue weighted by Crippen LogP contribution is 2.23. The van der Waals surface area contributed by atoms with Gasteiger partial charge in [0, 0.05) is 20.0 Å². The first-order chi connectivity index (χ1) is 11.7. The third kappa shape index (κ3) is 4.61. The smallest absolute Gasteiger partial charge is 0.240 e. The Morgan fingerprint density at radius 1 is 1.12 bits per heavy atom. The second kappa shape index (κ2) is 7.71. The van der Waals surface area contributed by atoms with E-state index in [2.05, 4.69) is 4.72 Å². The van der Waals surface area contributed by atoms with Gasteiger partial charge in [0.15, 0.2) is 0 Å². The Labute approximate surface area is 145 Å². The van der Waals surface area contributed by atoms with Crippen LogP contribution in [-0.4, -0.2) is 27.4 Å². The Kier molecular flexibility index (Phi) is 5.86. The molecule has 0 atom stereocenters. The van der Waals surface area contributed by atoms with Crippen molar-refractivity contribution in [2.75, 3.05) is 18.0 Å². The van der Waals surface area contributed by atoms with E-state index in [0.29, 0.717) is 0 Å². The summed E-state index contributed by atoms with van der Waals surface area (Å²) in [7, 11) is -3.78. The Morgan fingerprint density at radius 2 is 1.72 bits per heavy atom. The fraction of sp³-hybridized carbons (Fsp3) is 0.235. The summed E-state index contributed by atoms with van der Waals surface area (Å²) in [4.78, 5) is 12.7. The quantitative estimate of drug-likeness (QED) is 0.852. The molecule has 2 aromatic carbocycles. The normalized spacial score (nSPS) is 11.4. The summed E-state index contributed by atoms with van der Waals surface area (Å²) in [6.07, 6.45) is 0. The Morgan fingerprint density at radius 3 is 2.28 bits per heavy atom. The molecule has 25 heavy (non-hydrogen) atoms. The van der Waals surface area contributed by atoms with E-state index in [1.165, 1.54) is 18.2 Å². The molecular formula is C17H18F2N2O3S. The molecule has 0 spiro atoms. The van der Waals surface area contributed by atoms with Gasteiger partial charge in [0.2, 0.25) is 15.9 Å². The molecule has 1 amide bonds. The van der Waals surface area contributed by atoms with Gasteiger partial charge in [0.25, 0.3) is 0 Å². The number of hydrogen-bond donors (Lipinski definition) is 1. The second-order valence-electron chi connectivity index (χ2n) is 5.46. The van der Waals surface area contributed by atoms with Crippen LogP contribution in [0.3, 0.4) is 0 Å². The predicted octanol–water partition coefficient (Wildman–Crippen LogP) is 2.60. The van der Waals surface area contributed by atoms with Crippen LogP contribution >= 0.6 is 0 Å². The number of nitrogens with zero attached hydrogens (tertiary/aromatic N) is 1. The zero-order chi connectivity index (χ0) is 18.6. The molecule has 5 nitrogen and oxygen atoms in total. The number of para-hydroxylation sites is 1. The minimum Gasteiger partial charge on any atom is -0.306 e. The second-order valence-corrected chi connectivity index (χ2v) is 7.22. The van der Waals surface area contributed by atoms with E-state index in [1.807, 2.05) is 0 Å². The predicted molar refractivity (Wildman–Crippen MR) is 90.8 cm³/mol. The van der Waals surface area contributed by atoms with Crippen molar-refractivity contribution in [3.05, 3.63) is 59.7 Å².